The number of anilines is 2. The van der Waals surface area contributed by atoms with E-state index in [4.69, 9.17) is 10.5 Å². The molecule has 1 saturated heterocycles. The average molecular weight is 318 g/mol. The third kappa shape index (κ3) is 3.51. The summed E-state index contributed by atoms with van der Waals surface area (Å²) >= 11 is 1.58. The first kappa shape index (κ1) is 15.1. The standard InChI is InChI=1S/C16H22N4OS/c1-2-21-15-6-4-3-5-14(15)20-9-7-19(8-10-20)12-13-11-18-16(17)22-13/h3-6,11H,2,7-10,12H2,1H3,(H2,17,18). The van der Waals surface area contributed by atoms with E-state index in [0.29, 0.717) is 11.7 Å². The number of nitrogen functional groups attached to an aromatic ring is 1. The Hall–Kier alpha value is -1.79. The Kier molecular flexibility index (Phi) is 4.80. The van der Waals surface area contributed by atoms with E-state index in [9.17, 15) is 0 Å². The quantitative estimate of drug-likeness (QED) is 0.918. The SMILES string of the molecule is CCOc1ccccc1N1CCN(Cc2cnc(N)s2)CC1. The highest BCUT2D eigenvalue weighted by molar-refractivity contribution is 7.15. The van der Waals surface area contributed by atoms with Crippen molar-refractivity contribution in [2.75, 3.05) is 43.4 Å². The molecular weight excluding hydrogens is 296 g/mol. The Labute approximate surface area is 135 Å². The Morgan fingerprint density at radius 3 is 2.68 bits per heavy atom. The second-order valence-electron chi connectivity index (χ2n) is 5.33. The summed E-state index contributed by atoms with van der Waals surface area (Å²) < 4.78 is 5.74. The second-order valence-corrected chi connectivity index (χ2v) is 6.48. The summed E-state index contributed by atoms with van der Waals surface area (Å²) in [5.74, 6) is 0.980. The van der Waals surface area contributed by atoms with Gasteiger partial charge >= 0.3 is 0 Å². The molecule has 22 heavy (non-hydrogen) atoms. The van der Waals surface area contributed by atoms with Crippen LogP contribution in [0.25, 0.3) is 0 Å². The van der Waals surface area contributed by atoms with Gasteiger partial charge < -0.3 is 15.4 Å². The summed E-state index contributed by atoms with van der Waals surface area (Å²) in [4.78, 5) is 10.2. The monoisotopic (exact) mass is 318 g/mol. The van der Waals surface area contributed by atoms with E-state index >= 15 is 0 Å². The van der Waals surface area contributed by atoms with Crippen molar-refractivity contribution >= 4 is 22.2 Å². The number of rotatable bonds is 5. The first-order chi connectivity index (χ1) is 10.8. The lowest BCUT2D eigenvalue weighted by molar-refractivity contribution is 0.250. The number of benzene rings is 1. The summed E-state index contributed by atoms with van der Waals surface area (Å²) in [5.41, 5.74) is 6.89. The molecule has 2 aromatic rings. The Morgan fingerprint density at radius 2 is 2.00 bits per heavy atom. The fraction of sp³-hybridized carbons (Fsp3) is 0.438. The molecule has 2 heterocycles. The van der Waals surface area contributed by atoms with Crippen LogP contribution in [-0.2, 0) is 6.54 Å². The number of ether oxygens (including phenoxy) is 1. The third-order valence-electron chi connectivity index (χ3n) is 3.83. The predicted molar refractivity (Wildman–Crippen MR) is 91.6 cm³/mol. The van der Waals surface area contributed by atoms with E-state index in [0.717, 1.165) is 38.5 Å². The fourth-order valence-electron chi connectivity index (χ4n) is 2.76. The average Bonchev–Trinajstić information content (AvgIpc) is 2.94. The highest BCUT2D eigenvalue weighted by Crippen LogP contribution is 2.29. The number of aromatic nitrogens is 1. The van der Waals surface area contributed by atoms with Crippen LogP contribution < -0.4 is 15.4 Å². The topological polar surface area (TPSA) is 54.6 Å². The van der Waals surface area contributed by atoms with Crippen molar-refractivity contribution in [3.8, 4) is 5.75 Å². The highest BCUT2D eigenvalue weighted by atomic mass is 32.1. The van der Waals surface area contributed by atoms with Crippen molar-refractivity contribution in [1.82, 2.24) is 9.88 Å². The molecule has 1 fully saturated rings. The van der Waals surface area contributed by atoms with Gasteiger partial charge in [0, 0.05) is 43.8 Å². The van der Waals surface area contributed by atoms with Gasteiger partial charge in [-0.1, -0.05) is 12.1 Å². The van der Waals surface area contributed by atoms with Gasteiger partial charge in [-0.15, -0.1) is 11.3 Å². The normalized spacial score (nSPS) is 16.0. The van der Waals surface area contributed by atoms with Gasteiger partial charge in [0.15, 0.2) is 5.13 Å². The first-order valence-electron chi connectivity index (χ1n) is 7.65. The van der Waals surface area contributed by atoms with Gasteiger partial charge in [0.2, 0.25) is 0 Å². The number of nitrogens with zero attached hydrogens (tertiary/aromatic N) is 3. The highest BCUT2D eigenvalue weighted by Gasteiger charge is 2.20. The largest absolute Gasteiger partial charge is 0.492 e. The molecule has 118 valence electrons. The Bertz CT molecular complexity index is 608. The molecule has 0 radical (unpaired) electrons. The van der Waals surface area contributed by atoms with Crippen LogP contribution >= 0.6 is 11.3 Å². The van der Waals surface area contributed by atoms with Crippen LogP contribution in [0.5, 0.6) is 5.75 Å². The summed E-state index contributed by atoms with van der Waals surface area (Å²) in [7, 11) is 0. The lowest BCUT2D eigenvalue weighted by Gasteiger charge is -2.36. The van der Waals surface area contributed by atoms with Crippen LogP contribution in [0.1, 0.15) is 11.8 Å². The minimum atomic E-state index is 0.652. The van der Waals surface area contributed by atoms with E-state index in [-0.39, 0.29) is 0 Å². The summed E-state index contributed by atoms with van der Waals surface area (Å²) in [6.45, 7) is 7.77. The zero-order valence-corrected chi connectivity index (χ0v) is 13.7. The second kappa shape index (κ2) is 6.98. The van der Waals surface area contributed by atoms with Gasteiger partial charge in [-0.3, -0.25) is 4.90 Å². The summed E-state index contributed by atoms with van der Waals surface area (Å²) in [6, 6.07) is 8.29. The van der Waals surface area contributed by atoms with Crippen LogP contribution in [0.2, 0.25) is 0 Å². The third-order valence-corrected chi connectivity index (χ3v) is 4.64. The number of piperazine rings is 1. The van der Waals surface area contributed by atoms with Crippen molar-refractivity contribution in [2.45, 2.75) is 13.5 Å². The lowest BCUT2D eigenvalue weighted by Crippen LogP contribution is -2.46. The molecular formula is C16H22N4OS. The molecule has 3 rings (SSSR count). The molecule has 1 aromatic carbocycles. The van der Waals surface area contributed by atoms with Crippen molar-refractivity contribution < 1.29 is 4.74 Å². The molecule has 0 spiro atoms. The molecule has 6 heteroatoms. The van der Waals surface area contributed by atoms with Crippen molar-refractivity contribution in [3.63, 3.8) is 0 Å². The minimum absolute atomic E-state index is 0.652. The molecule has 5 nitrogen and oxygen atoms in total. The van der Waals surface area contributed by atoms with Crippen LogP contribution in [0, 0.1) is 0 Å². The Morgan fingerprint density at radius 1 is 1.23 bits per heavy atom. The van der Waals surface area contributed by atoms with Gasteiger partial charge in [-0.25, -0.2) is 4.98 Å². The van der Waals surface area contributed by atoms with Crippen LogP contribution in [0.3, 0.4) is 0 Å². The van der Waals surface area contributed by atoms with Gasteiger partial charge in [-0.2, -0.15) is 0 Å². The first-order valence-corrected chi connectivity index (χ1v) is 8.47. The fourth-order valence-corrected chi connectivity index (χ4v) is 3.49. The molecule has 1 aromatic heterocycles. The maximum atomic E-state index is 5.74. The summed E-state index contributed by atoms with van der Waals surface area (Å²) in [6.07, 6.45) is 1.89. The van der Waals surface area contributed by atoms with E-state index in [1.807, 2.05) is 25.3 Å². The predicted octanol–water partition coefficient (Wildman–Crippen LogP) is 2.45. The van der Waals surface area contributed by atoms with Crippen LogP contribution in [-0.4, -0.2) is 42.7 Å². The number of para-hydroxylation sites is 2. The zero-order chi connectivity index (χ0) is 15.4. The lowest BCUT2D eigenvalue weighted by atomic mass is 10.2. The number of hydrogen-bond acceptors (Lipinski definition) is 6. The molecule has 2 N–H and O–H groups in total. The van der Waals surface area contributed by atoms with Gasteiger partial charge in [-0.05, 0) is 19.1 Å². The van der Waals surface area contributed by atoms with E-state index < -0.39 is 0 Å². The van der Waals surface area contributed by atoms with Crippen molar-refractivity contribution in [2.24, 2.45) is 0 Å². The molecule has 0 atom stereocenters. The molecule has 1 aliphatic heterocycles. The minimum Gasteiger partial charge on any atom is -0.492 e. The molecule has 0 aliphatic carbocycles. The molecule has 0 amide bonds. The molecule has 0 unspecified atom stereocenters. The van der Waals surface area contributed by atoms with Gasteiger partial charge in [0.05, 0.1) is 12.3 Å². The Balaban J connectivity index is 1.59. The van der Waals surface area contributed by atoms with E-state index in [1.54, 1.807) is 11.3 Å². The van der Waals surface area contributed by atoms with Gasteiger partial charge in [0.1, 0.15) is 5.75 Å². The maximum absolute atomic E-state index is 5.74. The van der Waals surface area contributed by atoms with Crippen molar-refractivity contribution in [1.29, 1.82) is 0 Å². The van der Waals surface area contributed by atoms with E-state index in [2.05, 4.69) is 26.9 Å². The number of hydrogen-bond donors (Lipinski definition) is 1. The molecule has 0 saturated carbocycles. The number of thiazole rings is 1. The van der Waals surface area contributed by atoms with Gasteiger partial charge in [0.25, 0.3) is 0 Å². The van der Waals surface area contributed by atoms with Crippen LogP contribution in [0.15, 0.2) is 30.5 Å². The maximum Gasteiger partial charge on any atom is 0.180 e. The van der Waals surface area contributed by atoms with E-state index in [1.165, 1.54) is 10.6 Å². The van der Waals surface area contributed by atoms with Crippen LogP contribution in [0.4, 0.5) is 10.8 Å². The smallest absolute Gasteiger partial charge is 0.180 e. The number of nitrogens with two attached hydrogens (primary N) is 1. The van der Waals surface area contributed by atoms with Crippen molar-refractivity contribution in [3.05, 3.63) is 35.3 Å². The summed E-state index contributed by atoms with van der Waals surface area (Å²) in [5, 5.41) is 0.652. The zero-order valence-electron chi connectivity index (χ0n) is 12.9. The molecule has 0 bridgehead atoms. The molecule has 1 aliphatic rings.